The molecule has 1 fully saturated rings. The van der Waals surface area contributed by atoms with E-state index in [9.17, 15) is 5.11 Å². The number of aryl methyl sites for hydroxylation is 1. The molecule has 6 heteroatoms. The van der Waals surface area contributed by atoms with Gasteiger partial charge in [-0.05, 0) is 55.9 Å². The van der Waals surface area contributed by atoms with Crippen molar-refractivity contribution in [2.75, 3.05) is 32.8 Å². The number of guanidine groups is 1. The first-order valence-electron chi connectivity index (χ1n) is 10.1. The molecule has 2 N–H and O–H groups in total. The molecule has 1 aromatic heterocycles. The van der Waals surface area contributed by atoms with E-state index in [4.69, 9.17) is 4.99 Å². The smallest absolute Gasteiger partial charge is 0.193 e. The quantitative estimate of drug-likeness (QED) is 0.522. The third-order valence-electron chi connectivity index (χ3n) is 5.04. The van der Waals surface area contributed by atoms with E-state index >= 15 is 0 Å². The second-order valence-corrected chi connectivity index (χ2v) is 8.03. The van der Waals surface area contributed by atoms with Crippen LogP contribution in [0.15, 0.2) is 17.4 Å². The molecular formula is C20H37N5O. The highest BCUT2D eigenvalue weighted by atomic mass is 16.3. The Labute approximate surface area is 158 Å². The summed E-state index contributed by atoms with van der Waals surface area (Å²) < 4.78 is 1.88. The standard InChI is InChI=1S/C20H37N5O/c1-5-21-20(22-12-17(7-9-26)10-16(2)3)25-8-6-18(15-25)11-19-13-23-24(4)14-19/h13-14,16-18,26H,5-12,15H2,1-4H3,(H,21,22). The van der Waals surface area contributed by atoms with Crippen LogP contribution in [0.4, 0.5) is 0 Å². The average Bonchev–Trinajstić information content (AvgIpc) is 3.20. The highest BCUT2D eigenvalue weighted by molar-refractivity contribution is 5.80. The first-order chi connectivity index (χ1) is 12.5. The Morgan fingerprint density at radius 1 is 1.46 bits per heavy atom. The van der Waals surface area contributed by atoms with Crippen LogP contribution in [0.25, 0.3) is 0 Å². The van der Waals surface area contributed by atoms with Gasteiger partial charge in [0, 0.05) is 46.0 Å². The summed E-state index contributed by atoms with van der Waals surface area (Å²) in [5.41, 5.74) is 1.32. The molecule has 0 spiro atoms. The number of hydrogen-bond acceptors (Lipinski definition) is 3. The predicted octanol–water partition coefficient (Wildman–Crippen LogP) is 2.29. The van der Waals surface area contributed by atoms with E-state index in [-0.39, 0.29) is 6.61 Å². The van der Waals surface area contributed by atoms with E-state index in [0.29, 0.717) is 17.8 Å². The fraction of sp³-hybridized carbons (Fsp3) is 0.800. The number of aliphatic hydroxyl groups excluding tert-OH is 1. The van der Waals surface area contributed by atoms with Crippen LogP contribution in [0.1, 0.15) is 45.6 Å². The van der Waals surface area contributed by atoms with E-state index < -0.39 is 0 Å². The van der Waals surface area contributed by atoms with Crippen LogP contribution in [0.2, 0.25) is 0 Å². The van der Waals surface area contributed by atoms with Crippen LogP contribution in [-0.2, 0) is 13.5 Å². The minimum Gasteiger partial charge on any atom is -0.396 e. The lowest BCUT2D eigenvalue weighted by molar-refractivity contribution is 0.245. The van der Waals surface area contributed by atoms with E-state index in [0.717, 1.165) is 51.4 Å². The third kappa shape index (κ3) is 6.63. The van der Waals surface area contributed by atoms with E-state index in [1.807, 2.05) is 17.9 Å². The lowest BCUT2D eigenvalue weighted by atomic mass is 9.94. The van der Waals surface area contributed by atoms with Gasteiger partial charge in [0.15, 0.2) is 5.96 Å². The largest absolute Gasteiger partial charge is 0.396 e. The van der Waals surface area contributed by atoms with Gasteiger partial charge in [0.25, 0.3) is 0 Å². The van der Waals surface area contributed by atoms with E-state index in [1.165, 1.54) is 12.0 Å². The molecule has 0 aliphatic carbocycles. The number of nitrogens with zero attached hydrogens (tertiary/aromatic N) is 4. The minimum absolute atomic E-state index is 0.250. The zero-order valence-corrected chi connectivity index (χ0v) is 17.0. The molecule has 0 saturated carbocycles. The monoisotopic (exact) mass is 363 g/mol. The summed E-state index contributed by atoms with van der Waals surface area (Å²) in [6, 6.07) is 0. The number of nitrogens with one attached hydrogen (secondary N) is 1. The molecule has 6 nitrogen and oxygen atoms in total. The average molecular weight is 364 g/mol. The summed E-state index contributed by atoms with van der Waals surface area (Å²) in [5, 5.41) is 17.1. The Morgan fingerprint density at radius 3 is 2.88 bits per heavy atom. The van der Waals surface area contributed by atoms with Crippen molar-refractivity contribution in [1.29, 1.82) is 0 Å². The number of aliphatic imine (C=N–C) groups is 1. The van der Waals surface area contributed by atoms with Crippen molar-refractivity contribution < 1.29 is 5.11 Å². The van der Waals surface area contributed by atoms with Gasteiger partial charge in [0.05, 0.1) is 6.20 Å². The Kier molecular flexibility index (Phi) is 8.42. The first-order valence-corrected chi connectivity index (χ1v) is 10.1. The molecule has 2 unspecified atom stereocenters. The first kappa shape index (κ1) is 20.7. The molecule has 0 radical (unpaired) electrons. The molecule has 1 aliphatic rings. The topological polar surface area (TPSA) is 65.7 Å². The highest BCUT2D eigenvalue weighted by Crippen LogP contribution is 2.21. The zero-order valence-electron chi connectivity index (χ0n) is 17.0. The van der Waals surface area contributed by atoms with Crippen LogP contribution < -0.4 is 5.32 Å². The summed E-state index contributed by atoms with van der Waals surface area (Å²) in [6.45, 7) is 10.6. The molecule has 1 aromatic rings. The van der Waals surface area contributed by atoms with E-state index in [1.54, 1.807) is 0 Å². The highest BCUT2D eigenvalue weighted by Gasteiger charge is 2.25. The fourth-order valence-corrected chi connectivity index (χ4v) is 3.88. The van der Waals surface area contributed by atoms with Crippen LogP contribution in [-0.4, -0.2) is 58.5 Å². The van der Waals surface area contributed by atoms with Crippen molar-refractivity contribution >= 4 is 5.96 Å². The van der Waals surface area contributed by atoms with Gasteiger partial charge in [-0.25, -0.2) is 0 Å². The number of rotatable bonds is 9. The summed E-state index contributed by atoms with van der Waals surface area (Å²) in [7, 11) is 1.97. The molecule has 148 valence electrons. The molecule has 1 aliphatic heterocycles. The van der Waals surface area contributed by atoms with Gasteiger partial charge in [-0.3, -0.25) is 9.67 Å². The fourth-order valence-electron chi connectivity index (χ4n) is 3.88. The van der Waals surface area contributed by atoms with Crippen molar-refractivity contribution in [2.24, 2.45) is 29.8 Å². The lowest BCUT2D eigenvalue weighted by Gasteiger charge is -2.23. The minimum atomic E-state index is 0.250. The predicted molar refractivity (Wildman–Crippen MR) is 107 cm³/mol. The van der Waals surface area contributed by atoms with E-state index in [2.05, 4.69) is 42.3 Å². The van der Waals surface area contributed by atoms with Crippen molar-refractivity contribution in [3.63, 3.8) is 0 Å². The molecule has 0 amide bonds. The third-order valence-corrected chi connectivity index (χ3v) is 5.04. The van der Waals surface area contributed by atoms with Gasteiger partial charge < -0.3 is 15.3 Å². The van der Waals surface area contributed by atoms with Gasteiger partial charge in [0.1, 0.15) is 0 Å². The molecule has 2 heterocycles. The normalized spacial score (nSPS) is 19.4. The molecule has 0 bridgehead atoms. The molecule has 26 heavy (non-hydrogen) atoms. The van der Waals surface area contributed by atoms with Crippen molar-refractivity contribution in [2.45, 2.75) is 46.5 Å². The van der Waals surface area contributed by atoms with Gasteiger partial charge in [-0.1, -0.05) is 13.8 Å². The van der Waals surface area contributed by atoms with Crippen LogP contribution in [0, 0.1) is 17.8 Å². The molecule has 2 rings (SSSR count). The Bertz CT molecular complexity index is 554. The second-order valence-electron chi connectivity index (χ2n) is 8.03. The molecular weight excluding hydrogens is 326 g/mol. The lowest BCUT2D eigenvalue weighted by Crippen LogP contribution is -2.40. The number of likely N-dealkylation sites (tertiary alicyclic amines) is 1. The van der Waals surface area contributed by atoms with Gasteiger partial charge >= 0.3 is 0 Å². The van der Waals surface area contributed by atoms with Crippen molar-refractivity contribution in [3.8, 4) is 0 Å². The second kappa shape index (κ2) is 10.6. The molecule has 1 saturated heterocycles. The number of aliphatic hydroxyl groups is 1. The van der Waals surface area contributed by atoms with Gasteiger partial charge in [-0.2, -0.15) is 5.10 Å². The Morgan fingerprint density at radius 2 is 2.27 bits per heavy atom. The Balaban J connectivity index is 1.93. The van der Waals surface area contributed by atoms with Crippen LogP contribution in [0.5, 0.6) is 0 Å². The maximum Gasteiger partial charge on any atom is 0.193 e. The maximum atomic E-state index is 9.32. The van der Waals surface area contributed by atoms with Crippen LogP contribution >= 0.6 is 0 Å². The SMILES string of the molecule is CCNC(=NCC(CCO)CC(C)C)N1CCC(Cc2cnn(C)c2)C1. The summed E-state index contributed by atoms with van der Waals surface area (Å²) in [6.07, 6.45) is 8.34. The molecule has 0 aromatic carbocycles. The van der Waals surface area contributed by atoms with Gasteiger partial charge in [-0.15, -0.1) is 0 Å². The maximum absolute atomic E-state index is 9.32. The van der Waals surface area contributed by atoms with Crippen molar-refractivity contribution in [3.05, 3.63) is 18.0 Å². The zero-order chi connectivity index (χ0) is 18.9. The Hall–Kier alpha value is -1.56. The van der Waals surface area contributed by atoms with Gasteiger partial charge in [0.2, 0.25) is 0 Å². The summed E-state index contributed by atoms with van der Waals surface area (Å²) in [4.78, 5) is 7.32. The summed E-state index contributed by atoms with van der Waals surface area (Å²) in [5.74, 6) is 2.79. The number of hydrogen-bond donors (Lipinski definition) is 2. The van der Waals surface area contributed by atoms with Crippen LogP contribution in [0.3, 0.4) is 0 Å². The van der Waals surface area contributed by atoms with Crippen molar-refractivity contribution in [1.82, 2.24) is 20.0 Å². The number of aromatic nitrogens is 2. The molecule has 2 atom stereocenters. The summed E-state index contributed by atoms with van der Waals surface area (Å²) >= 11 is 0.